The Kier molecular flexibility index (Phi) is 7.60. The summed E-state index contributed by atoms with van der Waals surface area (Å²) >= 11 is 0. The maximum Gasteiger partial charge on any atom is 0.303 e. The molecule has 3 N–H and O–H groups in total. The van der Waals surface area contributed by atoms with E-state index in [9.17, 15) is 9.59 Å². The van der Waals surface area contributed by atoms with Gasteiger partial charge >= 0.3 is 5.97 Å². The van der Waals surface area contributed by atoms with Crippen LogP contribution in [0.3, 0.4) is 0 Å². The normalized spacial score (nSPS) is 12.2. The zero-order valence-corrected chi connectivity index (χ0v) is 13.6. The van der Waals surface area contributed by atoms with E-state index in [-0.39, 0.29) is 18.4 Å². The fourth-order valence-electron chi connectivity index (χ4n) is 2.10. The first-order chi connectivity index (χ1) is 10.4. The van der Waals surface area contributed by atoms with Crippen LogP contribution in [0.25, 0.3) is 0 Å². The maximum atomic E-state index is 11.9. The summed E-state index contributed by atoms with van der Waals surface area (Å²) in [5.41, 5.74) is 2.04. The standard InChI is InChI=1S/C17H26N2O3/c1-12(2)14-6-8-15(9-7-14)19-16(20)11-13(3)18-10-4-5-17(21)22/h6-9,12-13,18H,4-5,10-11H2,1-3H3,(H,19,20)(H,21,22). The molecule has 0 spiro atoms. The van der Waals surface area contributed by atoms with Crippen molar-refractivity contribution in [3.8, 4) is 0 Å². The number of carbonyl (C=O) groups is 2. The lowest BCUT2D eigenvalue weighted by Gasteiger charge is -2.14. The van der Waals surface area contributed by atoms with Gasteiger partial charge in [0, 0.05) is 24.6 Å². The molecule has 0 aromatic heterocycles. The predicted octanol–water partition coefficient (Wildman–Crippen LogP) is 2.98. The SMILES string of the molecule is CC(CC(=O)Nc1ccc(C(C)C)cc1)NCCCC(=O)O. The zero-order chi connectivity index (χ0) is 16.5. The van der Waals surface area contributed by atoms with Crippen molar-refractivity contribution in [2.45, 2.75) is 52.0 Å². The van der Waals surface area contributed by atoms with Crippen LogP contribution < -0.4 is 10.6 Å². The summed E-state index contributed by atoms with van der Waals surface area (Å²) in [5.74, 6) is -0.368. The van der Waals surface area contributed by atoms with Gasteiger partial charge in [0.1, 0.15) is 0 Å². The Balaban J connectivity index is 2.31. The summed E-state index contributed by atoms with van der Waals surface area (Å²) < 4.78 is 0. The Morgan fingerprint density at radius 3 is 2.32 bits per heavy atom. The molecule has 0 bridgehead atoms. The second-order valence-electron chi connectivity index (χ2n) is 5.88. The topological polar surface area (TPSA) is 78.4 Å². The van der Waals surface area contributed by atoms with Gasteiger partial charge < -0.3 is 15.7 Å². The van der Waals surface area contributed by atoms with Crippen molar-refractivity contribution in [3.05, 3.63) is 29.8 Å². The number of nitrogens with one attached hydrogen (secondary N) is 2. The third kappa shape index (κ3) is 7.22. The van der Waals surface area contributed by atoms with E-state index in [0.29, 0.717) is 25.3 Å². The number of carboxylic acid groups (broad SMARTS) is 1. The third-order valence-corrected chi connectivity index (χ3v) is 3.41. The van der Waals surface area contributed by atoms with Gasteiger partial charge in [0.2, 0.25) is 5.91 Å². The zero-order valence-electron chi connectivity index (χ0n) is 13.6. The third-order valence-electron chi connectivity index (χ3n) is 3.41. The molecule has 22 heavy (non-hydrogen) atoms. The van der Waals surface area contributed by atoms with Gasteiger partial charge in [-0.05, 0) is 43.5 Å². The Hall–Kier alpha value is -1.88. The first-order valence-electron chi connectivity index (χ1n) is 7.73. The van der Waals surface area contributed by atoms with Gasteiger partial charge in [-0.1, -0.05) is 26.0 Å². The van der Waals surface area contributed by atoms with Crippen LogP contribution in [0.5, 0.6) is 0 Å². The minimum Gasteiger partial charge on any atom is -0.481 e. The lowest BCUT2D eigenvalue weighted by atomic mass is 10.0. The van der Waals surface area contributed by atoms with Crippen LogP contribution in [-0.4, -0.2) is 29.6 Å². The van der Waals surface area contributed by atoms with Crippen LogP contribution in [-0.2, 0) is 9.59 Å². The van der Waals surface area contributed by atoms with Crippen molar-refractivity contribution in [2.75, 3.05) is 11.9 Å². The Bertz CT molecular complexity index is 483. The highest BCUT2D eigenvalue weighted by Gasteiger charge is 2.09. The van der Waals surface area contributed by atoms with Gasteiger partial charge in [0.15, 0.2) is 0 Å². The summed E-state index contributed by atoms with van der Waals surface area (Å²) in [5, 5.41) is 14.6. The highest BCUT2D eigenvalue weighted by molar-refractivity contribution is 5.91. The number of amides is 1. The van der Waals surface area contributed by atoms with E-state index in [1.807, 2.05) is 31.2 Å². The van der Waals surface area contributed by atoms with E-state index in [2.05, 4.69) is 24.5 Å². The molecule has 0 fully saturated rings. The van der Waals surface area contributed by atoms with Gasteiger partial charge in [-0.15, -0.1) is 0 Å². The fourth-order valence-corrected chi connectivity index (χ4v) is 2.10. The molecule has 5 heteroatoms. The van der Waals surface area contributed by atoms with Gasteiger partial charge in [-0.25, -0.2) is 0 Å². The number of anilines is 1. The molecule has 0 heterocycles. The number of hydrogen-bond donors (Lipinski definition) is 3. The van der Waals surface area contributed by atoms with Crippen LogP contribution in [0.1, 0.15) is 51.5 Å². The molecule has 0 radical (unpaired) electrons. The molecule has 0 aliphatic rings. The van der Waals surface area contributed by atoms with Gasteiger partial charge in [-0.2, -0.15) is 0 Å². The summed E-state index contributed by atoms with van der Waals surface area (Å²) in [6, 6.07) is 7.89. The molecule has 5 nitrogen and oxygen atoms in total. The predicted molar refractivity (Wildman–Crippen MR) is 88.1 cm³/mol. The molecule has 1 unspecified atom stereocenters. The van der Waals surface area contributed by atoms with E-state index >= 15 is 0 Å². The first-order valence-corrected chi connectivity index (χ1v) is 7.73. The molecule has 0 aliphatic carbocycles. The smallest absolute Gasteiger partial charge is 0.303 e. The highest BCUT2D eigenvalue weighted by atomic mass is 16.4. The quantitative estimate of drug-likeness (QED) is 0.613. The van der Waals surface area contributed by atoms with Crippen LogP contribution >= 0.6 is 0 Å². The molecule has 0 saturated carbocycles. The van der Waals surface area contributed by atoms with E-state index in [4.69, 9.17) is 5.11 Å². The number of benzene rings is 1. The molecule has 1 aromatic rings. The number of aliphatic carboxylic acids is 1. The van der Waals surface area contributed by atoms with Gasteiger partial charge in [0.25, 0.3) is 0 Å². The molecule has 1 atom stereocenters. The van der Waals surface area contributed by atoms with Crippen LogP contribution in [0, 0.1) is 0 Å². The number of hydrogen-bond acceptors (Lipinski definition) is 3. The summed E-state index contributed by atoms with van der Waals surface area (Å²) in [6.07, 6.45) is 1.07. The van der Waals surface area contributed by atoms with E-state index in [1.165, 1.54) is 5.56 Å². The van der Waals surface area contributed by atoms with Crippen LogP contribution in [0.4, 0.5) is 5.69 Å². The molecule has 122 valence electrons. The van der Waals surface area contributed by atoms with E-state index in [0.717, 1.165) is 5.69 Å². The summed E-state index contributed by atoms with van der Waals surface area (Å²) in [7, 11) is 0. The summed E-state index contributed by atoms with van der Waals surface area (Å²) in [4.78, 5) is 22.3. The largest absolute Gasteiger partial charge is 0.481 e. The fraction of sp³-hybridized carbons (Fsp3) is 0.529. The lowest BCUT2D eigenvalue weighted by Crippen LogP contribution is -2.31. The van der Waals surface area contributed by atoms with Crippen molar-refractivity contribution in [1.29, 1.82) is 0 Å². The van der Waals surface area contributed by atoms with Crippen molar-refractivity contribution in [2.24, 2.45) is 0 Å². The first kappa shape index (κ1) is 18.2. The molecule has 1 amide bonds. The Labute approximate surface area is 132 Å². The van der Waals surface area contributed by atoms with Crippen LogP contribution in [0.2, 0.25) is 0 Å². The number of carbonyl (C=O) groups excluding carboxylic acids is 1. The van der Waals surface area contributed by atoms with E-state index in [1.54, 1.807) is 0 Å². The Morgan fingerprint density at radius 1 is 1.14 bits per heavy atom. The average Bonchev–Trinajstić information content (AvgIpc) is 2.43. The molecule has 1 aromatic carbocycles. The van der Waals surface area contributed by atoms with Gasteiger partial charge in [0.05, 0.1) is 0 Å². The maximum absolute atomic E-state index is 11.9. The summed E-state index contributed by atoms with van der Waals surface area (Å²) in [6.45, 7) is 6.78. The second-order valence-corrected chi connectivity index (χ2v) is 5.88. The minimum absolute atomic E-state index is 0.0173. The molecular weight excluding hydrogens is 280 g/mol. The van der Waals surface area contributed by atoms with Crippen LogP contribution in [0.15, 0.2) is 24.3 Å². The van der Waals surface area contributed by atoms with Crippen molar-refractivity contribution in [1.82, 2.24) is 5.32 Å². The monoisotopic (exact) mass is 306 g/mol. The van der Waals surface area contributed by atoms with Crippen molar-refractivity contribution in [3.63, 3.8) is 0 Å². The van der Waals surface area contributed by atoms with Gasteiger partial charge in [-0.3, -0.25) is 9.59 Å². The molecule has 1 rings (SSSR count). The Morgan fingerprint density at radius 2 is 1.77 bits per heavy atom. The second kappa shape index (κ2) is 9.20. The molecular formula is C17H26N2O3. The molecule has 0 saturated heterocycles. The van der Waals surface area contributed by atoms with E-state index < -0.39 is 5.97 Å². The minimum atomic E-state index is -0.794. The number of carboxylic acids is 1. The molecule has 0 aliphatic heterocycles. The van der Waals surface area contributed by atoms with Crippen molar-refractivity contribution < 1.29 is 14.7 Å². The lowest BCUT2D eigenvalue weighted by molar-refractivity contribution is -0.137. The average molecular weight is 306 g/mol. The van der Waals surface area contributed by atoms with Crippen molar-refractivity contribution >= 4 is 17.6 Å². The number of rotatable bonds is 9. The highest BCUT2D eigenvalue weighted by Crippen LogP contribution is 2.17.